The van der Waals surface area contributed by atoms with Crippen molar-refractivity contribution in [2.24, 2.45) is 15.0 Å². The molecule has 0 spiro atoms. The van der Waals surface area contributed by atoms with Crippen LogP contribution in [0.15, 0.2) is 98.4 Å². The van der Waals surface area contributed by atoms with Gasteiger partial charge in [0.2, 0.25) is 24.6 Å². The molecule has 13 heteroatoms. The second-order valence-corrected chi connectivity index (χ2v) is 10.7. The monoisotopic (exact) mass is 642 g/mol. The number of likely N-dealkylation sites (N-methyl/N-ethyl adjacent to an activating group) is 1. The van der Waals surface area contributed by atoms with Crippen LogP contribution in [0.3, 0.4) is 0 Å². The van der Waals surface area contributed by atoms with Gasteiger partial charge in [0.1, 0.15) is 0 Å². The summed E-state index contributed by atoms with van der Waals surface area (Å²) in [6.45, 7) is 4.29. The van der Waals surface area contributed by atoms with Crippen LogP contribution < -0.4 is 0 Å². The van der Waals surface area contributed by atoms with Crippen molar-refractivity contribution in [3.63, 3.8) is 0 Å². The van der Waals surface area contributed by atoms with Crippen LogP contribution in [-0.4, -0.2) is 71.5 Å². The van der Waals surface area contributed by atoms with Gasteiger partial charge in [0, 0.05) is 13.6 Å². The fraction of sp³-hybridized carbons (Fsp3) is 0.273. The maximum Gasteiger partial charge on any atom is 0.335 e. The molecule has 46 heavy (non-hydrogen) atoms. The Morgan fingerprint density at radius 3 is 1.89 bits per heavy atom. The van der Waals surface area contributed by atoms with Crippen LogP contribution >= 0.6 is 8.58 Å². The molecule has 1 unspecified atom stereocenters. The predicted octanol–water partition coefficient (Wildman–Crippen LogP) is 5.37. The van der Waals surface area contributed by atoms with Crippen LogP contribution in [0.25, 0.3) is 0 Å². The number of urea groups is 2. The molecule has 2 aromatic carbocycles. The third-order valence-corrected chi connectivity index (χ3v) is 7.49. The SMILES string of the molecule is CC.CN(CC1=CPC(CN=C=O)=CC=C1)C(=O)N(Cc1cccc(CN=C=O)c1)C(=O)N(C=O)Cc1cccc(CN=C=O)c1. The van der Waals surface area contributed by atoms with Gasteiger partial charge in [-0.15, -0.1) is 0 Å². The predicted molar refractivity (Wildman–Crippen MR) is 175 cm³/mol. The Bertz CT molecular complexity index is 1620. The number of rotatable bonds is 13. The summed E-state index contributed by atoms with van der Waals surface area (Å²) >= 11 is 0. The zero-order chi connectivity index (χ0) is 33.7. The van der Waals surface area contributed by atoms with E-state index in [2.05, 4.69) is 15.0 Å². The van der Waals surface area contributed by atoms with Gasteiger partial charge in [-0.25, -0.2) is 43.8 Å². The van der Waals surface area contributed by atoms with E-state index in [9.17, 15) is 28.8 Å². The number of amides is 5. The van der Waals surface area contributed by atoms with Gasteiger partial charge in [0.05, 0.1) is 32.7 Å². The first-order chi connectivity index (χ1) is 22.4. The van der Waals surface area contributed by atoms with Crippen LogP contribution in [-0.2, 0) is 45.4 Å². The Balaban J connectivity index is 0.00000361. The second-order valence-electron chi connectivity index (χ2n) is 9.52. The smallest absolute Gasteiger partial charge is 0.323 e. The molecule has 0 saturated carbocycles. The highest BCUT2D eigenvalue weighted by Gasteiger charge is 2.29. The number of allylic oxidation sites excluding steroid dienone is 2. The van der Waals surface area contributed by atoms with Crippen molar-refractivity contribution in [2.75, 3.05) is 20.1 Å². The zero-order valence-electron chi connectivity index (χ0n) is 25.9. The molecule has 12 nitrogen and oxygen atoms in total. The summed E-state index contributed by atoms with van der Waals surface area (Å²) in [6, 6.07) is 12.3. The van der Waals surface area contributed by atoms with Crippen molar-refractivity contribution >= 4 is 45.3 Å². The number of aliphatic imine (C=N–C) groups is 3. The van der Waals surface area contributed by atoms with Gasteiger partial charge in [-0.1, -0.05) is 95.0 Å². The summed E-state index contributed by atoms with van der Waals surface area (Å²) in [4.78, 5) is 85.3. The molecule has 0 aliphatic carbocycles. The van der Waals surface area contributed by atoms with Crippen molar-refractivity contribution in [3.05, 3.63) is 106 Å². The number of nitrogens with zero attached hydrogens (tertiary/aromatic N) is 6. The van der Waals surface area contributed by atoms with Crippen LogP contribution in [0.1, 0.15) is 36.1 Å². The van der Waals surface area contributed by atoms with E-state index < -0.39 is 12.1 Å². The number of benzene rings is 2. The van der Waals surface area contributed by atoms with Crippen molar-refractivity contribution in [1.29, 1.82) is 0 Å². The largest absolute Gasteiger partial charge is 0.335 e. The topological polar surface area (TPSA) is 149 Å². The minimum Gasteiger partial charge on any atom is -0.323 e. The number of carbonyl (C=O) groups excluding carboxylic acids is 6. The van der Waals surface area contributed by atoms with E-state index in [1.807, 2.05) is 31.8 Å². The molecule has 0 N–H and O–H groups in total. The molecule has 0 bridgehead atoms. The highest BCUT2D eigenvalue weighted by atomic mass is 31.1. The molecule has 0 saturated heterocycles. The first-order valence-corrected chi connectivity index (χ1v) is 15.3. The van der Waals surface area contributed by atoms with E-state index >= 15 is 0 Å². The van der Waals surface area contributed by atoms with Crippen molar-refractivity contribution in [3.8, 4) is 0 Å². The van der Waals surface area contributed by atoms with Crippen molar-refractivity contribution < 1.29 is 28.8 Å². The van der Waals surface area contributed by atoms with Crippen LogP contribution in [0.5, 0.6) is 0 Å². The molecule has 3 rings (SSSR count). The summed E-state index contributed by atoms with van der Waals surface area (Å²) in [7, 11) is 1.79. The molecule has 1 aliphatic heterocycles. The molecular formula is C33H35N6O6P. The molecule has 0 radical (unpaired) electrons. The quantitative estimate of drug-likeness (QED) is 0.124. The van der Waals surface area contributed by atoms with Gasteiger partial charge in [-0.3, -0.25) is 9.69 Å². The third kappa shape index (κ3) is 12.0. The maximum atomic E-state index is 13.8. The van der Waals surface area contributed by atoms with Crippen LogP contribution in [0.2, 0.25) is 0 Å². The number of hydrogen-bond acceptors (Lipinski definition) is 9. The fourth-order valence-corrected chi connectivity index (χ4v) is 5.15. The van der Waals surface area contributed by atoms with E-state index in [0.717, 1.165) is 20.7 Å². The van der Waals surface area contributed by atoms with Crippen LogP contribution in [0.4, 0.5) is 9.59 Å². The maximum absolute atomic E-state index is 13.8. The Labute approximate surface area is 269 Å². The van der Waals surface area contributed by atoms with Gasteiger partial charge in [0.25, 0.3) is 0 Å². The number of carbonyl (C=O) groups is 3. The van der Waals surface area contributed by atoms with E-state index in [1.165, 1.54) is 23.1 Å². The number of hydrogen-bond donors (Lipinski definition) is 0. The average molecular weight is 643 g/mol. The third-order valence-electron chi connectivity index (χ3n) is 6.27. The lowest BCUT2D eigenvalue weighted by Gasteiger charge is -2.30. The highest BCUT2D eigenvalue weighted by molar-refractivity contribution is 7.46. The van der Waals surface area contributed by atoms with Gasteiger partial charge in [0.15, 0.2) is 0 Å². The molecule has 5 amide bonds. The Hall–Kier alpha value is -5.36. The first-order valence-electron chi connectivity index (χ1n) is 14.3. The van der Waals surface area contributed by atoms with E-state index in [-0.39, 0.29) is 47.8 Å². The van der Waals surface area contributed by atoms with Gasteiger partial charge in [-0.05, 0) is 33.1 Å². The number of imide groups is 2. The van der Waals surface area contributed by atoms with Gasteiger partial charge < -0.3 is 4.90 Å². The molecule has 238 valence electrons. The summed E-state index contributed by atoms with van der Waals surface area (Å²) < 4.78 is 0. The normalized spacial score (nSPS) is 11.9. The summed E-state index contributed by atoms with van der Waals surface area (Å²) in [6.07, 6.45) is 10.3. The second kappa shape index (κ2) is 20.6. The minimum atomic E-state index is -0.840. The van der Waals surface area contributed by atoms with Crippen LogP contribution in [0, 0.1) is 0 Å². The molecule has 2 aromatic rings. The molecule has 1 heterocycles. The standard InChI is InChI=1S/C31H29N6O6P.C2H6/c1-35(16-28-9-4-10-29(44-19-28)15-34-22-40)30(42)37(18-27-8-3-6-25(12-27)14-33-21-39)31(43)36(23-41)17-26-7-2-5-24(11-26)13-32-20-38;1-2/h2-12,19,23,44H,13-18H2,1H3;1-2H3. The van der Waals surface area contributed by atoms with E-state index in [4.69, 9.17) is 0 Å². The summed E-state index contributed by atoms with van der Waals surface area (Å²) in [5, 5.41) is 0.924. The first kappa shape index (κ1) is 36.8. The fourth-order valence-electron chi connectivity index (χ4n) is 4.23. The Morgan fingerprint density at radius 1 is 0.783 bits per heavy atom. The van der Waals surface area contributed by atoms with Crippen molar-refractivity contribution in [1.82, 2.24) is 14.7 Å². The van der Waals surface area contributed by atoms with Crippen molar-refractivity contribution in [2.45, 2.75) is 40.0 Å². The molecule has 1 atom stereocenters. The highest BCUT2D eigenvalue weighted by Crippen LogP contribution is 2.30. The molecule has 0 aromatic heterocycles. The summed E-state index contributed by atoms with van der Waals surface area (Å²) in [5.74, 6) is 1.93. The van der Waals surface area contributed by atoms with E-state index in [0.29, 0.717) is 28.7 Å². The molecular weight excluding hydrogens is 607 g/mol. The molecule has 0 fully saturated rings. The van der Waals surface area contributed by atoms with Gasteiger partial charge >= 0.3 is 12.1 Å². The lowest BCUT2D eigenvalue weighted by molar-refractivity contribution is -0.116. The number of isocyanates is 3. The summed E-state index contributed by atoms with van der Waals surface area (Å²) in [5.41, 5.74) is 3.35. The van der Waals surface area contributed by atoms with E-state index in [1.54, 1.807) is 61.7 Å². The average Bonchev–Trinajstić information content (AvgIpc) is 3.32. The Kier molecular flexibility index (Phi) is 16.5. The lowest BCUT2D eigenvalue weighted by Crippen LogP contribution is -2.49. The lowest BCUT2D eigenvalue weighted by atomic mass is 10.1. The minimum absolute atomic E-state index is 0.0829. The zero-order valence-corrected chi connectivity index (χ0v) is 26.9. The molecule has 1 aliphatic rings. The Morgan fingerprint density at radius 2 is 1.33 bits per heavy atom. The van der Waals surface area contributed by atoms with Gasteiger partial charge in [-0.2, -0.15) is 0 Å².